The van der Waals surface area contributed by atoms with Gasteiger partial charge in [0.2, 0.25) is 0 Å². The van der Waals surface area contributed by atoms with E-state index >= 15 is 0 Å². The molecule has 0 bridgehead atoms. The zero-order valence-electron chi connectivity index (χ0n) is 9.79. The molecule has 1 aliphatic rings. The van der Waals surface area contributed by atoms with Gasteiger partial charge in [0.25, 0.3) is 6.02 Å². The number of benzene rings is 1. The Kier molecular flexibility index (Phi) is 3.45. The summed E-state index contributed by atoms with van der Waals surface area (Å²) in [5.74, 6) is 0. The van der Waals surface area contributed by atoms with Gasteiger partial charge >= 0.3 is 6.18 Å². The largest absolute Gasteiger partial charge is 0.463 e. The summed E-state index contributed by atoms with van der Waals surface area (Å²) in [5.41, 5.74) is 0.758. The summed E-state index contributed by atoms with van der Waals surface area (Å²) in [6, 6.07) is 4.55. The Morgan fingerprint density at radius 3 is 2.61 bits per heavy atom. The van der Waals surface area contributed by atoms with Crippen molar-refractivity contribution in [3.8, 4) is 0 Å². The molecule has 2 rings (SSSR count). The second-order valence-corrected chi connectivity index (χ2v) is 4.01. The van der Waals surface area contributed by atoms with Crippen LogP contribution < -0.4 is 5.32 Å². The number of alkyl halides is 3. The zero-order valence-corrected chi connectivity index (χ0v) is 9.79. The molecular weight excluding hydrogens is 245 g/mol. The fourth-order valence-electron chi connectivity index (χ4n) is 1.79. The van der Waals surface area contributed by atoms with Crippen molar-refractivity contribution in [1.82, 2.24) is 5.32 Å². The number of halogens is 3. The van der Waals surface area contributed by atoms with E-state index in [0.717, 1.165) is 0 Å². The molecule has 0 fully saturated rings. The van der Waals surface area contributed by atoms with Crippen LogP contribution in [-0.4, -0.2) is 25.3 Å². The first-order valence-corrected chi connectivity index (χ1v) is 5.54. The third kappa shape index (κ3) is 2.75. The minimum absolute atomic E-state index is 0.0411. The van der Waals surface area contributed by atoms with Crippen LogP contribution in [0, 0.1) is 6.92 Å². The summed E-state index contributed by atoms with van der Waals surface area (Å²) in [4.78, 5) is 3.83. The molecule has 0 aliphatic carbocycles. The maximum absolute atomic E-state index is 13.1. The van der Waals surface area contributed by atoms with Crippen LogP contribution >= 0.6 is 0 Å². The van der Waals surface area contributed by atoms with Crippen LogP contribution in [0.5, 0.6) is 0 Å². The summed E-state index contributed by atoms with van der Waals surface area (Å²) < 4.78 is 44.2. The van der Waals surface area contributed by atoms with Crippen molar-refractivity contribution in [3.63, 3.8) is 0 Å². The van der Waals surface area contributed by atoms with Crippen molar-refractivity contribution in [2.45, 2.75) is 19.1 Å². The van der Waals surface area contributed by atoms with Gasteiger partial charge in [-0.2, -0.15) is 13.2 Å². The highest BCUT2D eigenvalue weighted by molar-refractivity contribution is 5.75. The molecule has 1 aromatic carbocycles. The van der Waals surface area contributed by atoms with Gasteiger partial charge < -0.3 is 10.1 Å². The van der Waals surface area contributed by atoms with E-state index in [2.05, 4.69) is 10.3 Å². The lowest BCUT2D eigenvalue weighted by Gasteiger charge is -2.23. The summed E-state index contributed by atoms with van der Waals surface area (Å²) >= 11 is 0. The van der Waals surface area contributed by atoms with Gasteiger partial charge in [-0.15, -0.1) is 0 Å². The first-order chi connectivity index (χ1) is 8.48. The van der Waals surface area contributed by atoms with E-state index in [0.29, 0.717) is 18.7 Å². The van der Waals surface area contributed by atoms with Crippen molar-refractivity contribution in [3.05, 3.63) is 35.4 Å². The van der Waals surface area contributed by atoms with E-state index in [4.69, 9.17) is 4.74 Å². The second kappa shape index (κ2) is 4.88. The molecule has 0 radical (unpaired) electrons. The number of hydrogen-bond acceptors (Lipinski definition) is 3. The molecule has 1 atom stereocenters. The van der Waals surface area contributed by atoms with Gasteiger partial charge in [0.1, 0.15) is 6.61 Å². The van der Waals surface area contributed by atoms with Gasteiger partial charge in [0, 0.05) is 0 Å². The highest BCUT2D eigenvalue weighted by Crippen LogP contribution is 2.34. The van der Waals surface area contributed by atoms with Crippen LogP contribution in [-0.2, 0) is 4.74 Å². The quantitative estimate of drug-likeness (QED) is 0.884. The molecule has 0 saturated heterocycles. The molecule has 1 N–H and O–H groups in total. The number of rotatable bonds is 2. The predicted molar refractivity (Wildman–Crippen MR) is 61.4 cm³/mol. The Labute approximate surface area is 103 Å². The van der Waals surface area contributed by atoms with Crippen molar-refractivity contribution >= 4 is 6.02 Å². The van der Waals surface area contributed by atoms with E-state index in [1.165, 1.54) is 6.07 Å². The molecule has 98 valence electrons. The van der Waals surface area contributed by atoms with Gasteiger partial charge in [-0.05, 0) is 18.1 Å². The van der Waals surface area contributed by atoms with Crippen molar-refractivity contribution in [2.75, 3.05) is 13.2 Å². The fourth-order valence-corrected chi connectivity index (χ4v) is 1.79. The van der Waals surface area contributed by atoms with Gasteiger partial charge in [0.05, 0.1) is 6.54 Å². The smallest absolute Gasteiger partial charge is 0.412 e. The molecule has 0 aromatic heterocycles. The summed E-state index contributed by atoms with van der Waals surface area (Å²) in [7, 11) is 0. The van der Waals surface area contributed by atoms with E-state index in [9.17, 15) is 13.2 Å². The molecule has 1 unspecified atom stereocenters. The summed E-state index contributed by atoms with van der Waals surface area (Å²) in [5, 5.41) is 2.32. The van der Waals surface area contributed by atoms with Gasteiger partial charge in [-0.3, -0.25) is 0 Å². The average molecular weight is 258 g/mol. The first-order valence-electron chi connectivity index (χ1n) is 5.54. The fraction of sp³-hybridized carbons (Fsp3) is 0.417. The van der Waals surface area contributed by atoms with Crippen molar-refractivity contribution < 1.29 is 17.9 Å². The number of nitrogens with one attached hydrogen (secondary N) is 1. The van der Waals surface area contributed by atoms with Crippen LogP contribution in [0.4, 0.5) is 13.2 Å². The topological polar surface area (TPSA) is 33.6 Å². The Balaban J connectivity index is 2.28. The molecule has 0 spiro atoms. The highest BCUT2D eigenvalue weighted by Gasteiger charge is 2.42. The monoisotopic (exact) mass is 258 g/mol. The van der Waals surface area contributed by atoms with Crippen LogP contribution in [0.2, 0.25) is 0 Å². The Bertz CT molecular complexity index is 457. The Hall–Kier alpha value is -1.72. The number of nitrogens with zero attached hydrogens (tertiary/aromatic N) is 1. The van der Waals surface area contributed by atoms with Crippen LogP contribution in [0.15, 0.2) is 29.3 Å². The number of ether oxygens (including phenoxy) is 1. The van der Waals surface area contributed by atoms with Crippen LogP contribution in [0.1, 0.15) is 17.2 Å². The molecule has 1 heterocycles. The SMILES string of the molecule is Cc1ccccc1C(NC1=NCCO1)C(F)(F)F. The standard InChI is InChI=1S/C12H13F3N2O/c1-8-4-2-3-5-9(8)10(12(13,14)15)17-11-16-6-7-18-11/h2-5,10H,6-7H2,1H3,(H,16,17). The summed E-state index contributed by atoms with van der Waals surface area (Å²) in [6.45, 7) is 2.36. The van der Waals surface area contributed by atoms with E-state index in [1.54, 1.807) is 25.1 Å². The molecule has 6 heteroatoms. The minimum Gasteiger partial charge on any atom is -0.463 e. The van der Waals surface area contributed by atoms with E-state index in [-0.39, 0.29) is 11.6 Å². The molecule has 1 aliphatic heterocycles. The Morgan fingerprint density at radius 1 is 1.33 bits per heavy atom. The zero-order chi connectivity index (χ0) is 13.2. The van der Waals surface area contributed by atoms with Crippen molar-refractivity contribution in [2.24, 2.45) is 4.99 Å². The second-order valence-electron chi connectivity index (χ2n) is 4.01. The van der Waals surface area contributed by atoms with Crippen molar-refractivity contribution in [1.29, 1.82) is 0 Å². The van der Waals surface area contributed by atoms with Gasteiger partial charge in [0.15, 0.2) is 6.04 Å². The number of hydrogen-bond donors (Lipinski definition) is 1. The molecular formula is C12H13F3N2O. The summed E-state index contributed by atoms with van der Waals surface area (Å²) in [6.07, 6.45) is -4.40. The lowest BCUT2D eigenvalue weighted by atomic mass is 10.0. The Morgan fingerprint density at radius 2 is 2.06 bits per heavy atom. The average Bonchev–Trinajstić information content (AvgIpc) is 2.78. The first kappa shape index (κ1) is 12.7. The lowest BCUT2D eigenvalue weighted by molar-refractivity contribution is -0.154. The normalized spacial score (nSPS) is 17.0. The minimum atomic E-state index is -4.40. The van der Waals surface area contributed by atoms with Gasteiger partial charge in [-0.25, -0.2) is 4.99 Å². The predicted octanol–water partition coefficient (Wildman–Crippen LogP) is 2.57. The number of aryl methyl sites for hydroxylation is 1. The molecule has 18 heavy (non-hydrogen) atoms. The molecule has 3 nitrogen and oxygen atoms in total. The van der Waals surface area contributed by atoms with Crippen LogP contribution in [0.3, 0.4) is 0 Å². The number of amidine groups is 1. The lowest BCUT2D eigenvalue weighted by Crippen LogP contribution is -2.38. The molecule has 0 saturated carbocycles. The number of aliphatic imine (C=N–C) groups is 1. The third-order valence-electron chi connectivity index (χ3n) is 2.68. The van der Waals surface area contributed by atoms with E-state index < -0.39 is 12.2 Å². The molecule has 1 aromatic rings. The van der Waals surface area contributed by atoms with E-state index in [1.807, 2.05) is 0 Å². The van der Waals surface area contributed by atoms with Gasteiger partial charge in [-0.1, -0.05) is 24.3 Å². The third-order valence-corrected chi connectivity index (χ3v) is 2.68. The maximum Gasteiger partial charge on any atom is 0.412 e. The maximum atomic E-state index is 13.1. The molecule has 0 amide bonds. The highest BCUT2D eigenvalue weighted by atomic mass is 19.4. The van der Waals surface area contributed by atoms with Crippen LogP contribution in [0.25, 0.3) is 0 Å².